The third-order valence-electron chi connectivity index (χ3n) is 5.48. The van der Waals surface area contributed by atoms with E-state index in [0.29, 0.717) is 11.1 Å². The van der Waals surface area contributed by atoms with E-state index in [4.69, 9.17) is 11.8 Å². The van der Waals surface area contributed by atoms with Crippen molar-refractivity contribution >= 4 is 17.5 Å². The molecule has 2 amide bonds. The highest BCUT2D eigenvalue weighted by Gasteiger charge is 2.47. The van der Waals surface area contributed by atoms with E-state index in [9.17, 15) is 22.8 Å². The fourth-order valence-electron chi connectivity index (χ4n) is 3.88. The zero-order valence-electron chi connectivity index (χ0n) is 18.0. The molecule has 9 heteroatoms. The van der Waals surface area contributed by atoms with E-state index in [-0.39, 0.29) is 17.1 Å². The number of anilines is 1. The third kappa shape index (κ3) is 4.31. The predicted molar refractivity (Wildman–Crippen MR) is 114 cm³/mol. The number of nitriles is 1. The first-order valence-corrected chi connectivity index (χ1v) is 9.82. The largest absolute Gasteiger partial charge is 0.416 e. The summed E-state index contributed by atoms with van der Waals surface area (Å²) in [7, 11) is 2.92. The van der Waals surface area contributed by atoms with Gasteiger partial charge in [-0.15, -0.1) is 0 Å². The van der Waals surface area contributed by atoms with Gasteiger partial charge in [0.2, 0.25) is 11.8 Å². The number of allylic oxidation sites excluding steroid dienone is 2. The maximum absolute atomic E-state index is 13.6. The summed E-state index contributed by atoms with van der Waals surface area (Å²) in [6.07, 6.45) is -4.63. The van der Waals surface area contributed by atoms with Crippen LogP contribution in [-0.4, -0.2) is 30.8 Å². The predicted octanol–water partition coefficient (Wildman–Crippen LogP) is 4.56. The van der Waals surface area contributed by atoms with E-state index < -0.39 is 35.4 Å². The molecule has 0 saturated carbocycles. The summed E-state index contributed by atoms with van der Waals surface area (Å²) in [5, 5.41) is 9.07. The van der Waals surface area contributed by atoms with Gasteiger partial charge in [0.25, 0.3) is 0 Å². The number of halogens is 3. The molecule has 0 aliphatic carbocycles. The average molecular weight is 452 g/mol. The molecule has 0 fully saturated rings. The van der Waals surface area contributed by atoms with Crippen LogP contribution in [0.3, 0.4) is 0 Å². The van der Waals surface area contributed by atoms with E-state index >= 15 is 0 Å². The van der Waals surface area contributed by atoms with Crippen molar-refractivity contribution in [1.29, 1.82) is 5.26 Å². The summed E-state index contributed by atoms with van der Waals surface area (Å²) in [5.74, 6) is -3.62. The first-order chi connectivity index (χ1) is 15.5. The van der Waals surface area contributed by atoms with Gasteiger partial charge in [0.15, 0.2) is 5.70 Å². The SMILES string of the molecule is [C-]#[N+]C1=C(C)N(c2cccc(C(F)(F)F)c2)C(=O)C(C(=O)N(C)C)C1c1ccc(C#N)cc1. The number of nitrogens with zero attached hydrogens (tertiary/aromatic N) is 4. The van der Waals surface area contributed by atoms with Gasteiger partial charge in [0.05, 0.1) is 23.8 Å². The zero-order valence-corrected chi connectivity index (χ0v) is 18.0. The second-order valence-corrected chi connectivity index (χ2v) is 7.73. The fourth-order valence-corrected chi connectivity index (χ4v) is 3.88. The number of amides is 2. The smallest absolute Gasteiger partial charge is 0.348 e. The van der Waals surface area contributed by atoms with Crippen LogP contribution in [0.4, 0.5) is 18.9 Å². The lowest BCUT2D eigenvalue weighted by atomic mass is 9.78. The Bertz CT molecular complexity index is 1220. The number of carbonyl (C=O) groups excluding carboxylic acids is 2. The lowest BCUT2D eigenvalue weighted by Gasteiger charge is -2.39. The molecular formula is C24H19F3N4O2. The Morgan fingerprint density at radius 3 is 2.33 bits per heavy atom. The molecule has 2 atom stereocenters. The van der Waals surface area contributed by atoms with Crippen LogP contribution in [0.2, 0.25) is 0 Å². The third-order valence-corrected chi connectivity index (χ3v) is 5.48. The molecule has 1 aliphatic rings. The van der Waals surface area contributed by atoms with Gasteiger partial charge >= 0.3 is 6.18 Å². The van der Waals surface area contributed by atoms with Crippen LogP contribution in [0.25, 0.3) is 4.85 Å². The molecular weight excluding hydrogens is 433 g/mol. The van der Waals surface area contributed by atoms with Crippen LogP contribution in [0, 0.1) is 23.8 Å². The number of rotatable bonds is 3. The second-order valence-electron chi connectivity index (χ2n) is 7.73. The minimum atomic E-state index is -4.63. The first kappa shape index (κ1) is 23.6. The molecule has 0 radical (unpaired) electrons. The fraction of sp³-hybridized carbons (Fsp3) is 0.250. The van der Waals surface area contributed by atoms with Crippen molar-refractivity contribution < 1.29 is 22.8 Å². The Morgan fingerprint density at radius 2 is 1.82 bits per heavy atom. The minimum Gasteiger partial charge on any atom is -0.348 e. The van der Waals surface area contributed by atoms with Crippen LogP contribution in [-0.2, 0) is 15.8 Å². The van der Waals surface area contributed by atoms with Crippen molar-refractivity contribution in [2.45, 2.75) is 19.0 Å². The molecule has 2 aromatic carbocycles. The number of hydrogen-bond acceptors (Lipinski definition) is 3. The Kier molecular flexibility index (Phi) is 6.28. The summed E-state index contributed by atoms with van der Waals surface area (Å²) in [5.41, 5.74) is 0.0324. The van der Waals surface area contributed by atoms with Gasteiger partial charge in [-0.05, 0) is 42.8 Å². The van der Waals surface area contributed by atoms with Gasteiger partial charge < -0.3 is 4.90 Å². The summed E-state index contributed by atoms with van der Waals surface area (Å²) in [6.45, 7) is 9.23. The monoisotopic (exact) mass is 452 g/mol. The molecule has 3 rings (SSSR count). The molecule has 6 nitrogen and oxygen atoms in total. The van der Waals surface area contributed by atoms with Gasteiger partial charge in [-0.25, -0.2) is 4.85 Å². The summed E-state index contributed by atoms with van der Waals surface area (Å²) in [6, 6.07) is 12.4. The second kappa shape index (κ2) is 8.79. The van der Waals surface area contributed by atoms with Crippen molar-refractivity contribution in [3.63, 3.8) is 0 Å². The molecule has 33 heavy (non-hydrogen) atoms. The molecule has 2 unspecified atom stereocenters. The van der Waals surface area contributed by atoms with E-state index in [1.165, 1.54) is 50.2 Å². The maximum Gasteiger partial charge on any atom is 0.416 e. The van der Waals surface area contributed by atoms with Crippen molar-refractivity contribution in [2.24, 2.45) is 5.92 Å². The number of carbonyl (C=O) groups is 2. The number of benzene rings is 2. The van der Waals surface area contributed by atoms with Crippen molar-refractivity contribution in [1.82, 2.24) is 4.90 Å². The minimum absolute atomic E-state index is 0.0666. The topological polar surface area (TPSA) is 68.8 Å². The van der Waals surface area contributed by atoms with Gasteiger partial charge in [-0.1, -0.05) is 18.2 Å². The van der Waals surface area contributed by atoms with Crippen LogP contribution < -0.4 is 4.90 Å². The van der Waals surface area contributed by atoms with Gasteiger partial charge in [-0.2, -0.15) is 18.4 Å². The average Bonchev–Trinajstić information content (AvgIpc) is 2.78. The Balaban J connectivity index is 2.25. The lowest BCUT2D eigenvalue weighted by molar-refractivity contribution is -0.140. The first-order valence-electron chi connectivity index (χ1n) is 9.82. The van der Waals surface area contributed by atoms with Crippen LogP contribution in [0.15, 0.2) is 59.9 Å². The lowest BCUT2D eigenvalue weighted by Crippen LogP contribution is -2.49. The highest BCUT2D eigenvalue weighted by atomic mass is 19.4. The van der Waals surface area contributed by atoms with Crippen LogP contribution >= 0.6 is 0 Å². The summed E-state index contributed by atoms with van der Waals surface area (Å²) < 4.78 is 39.8. The Labute approximate surface area is 189 Å². The van der Waals surface area contributed by atoms with Gasteiger partial charge in [0, 0.05) is 31.4 Å². The highest BCUT2D eigenvalue weighted by Crippen LogP contribution is 2.44. The number of alkyl halides is 3. The Hall–Kier alpha value is -4.11. The molecule has 2 aromatic rings. The zero-order chi connectivity index (χ0) is 24.5. The molecule has 0 N–H and O–H groups in total. The molecule has 168 valence electrons. The van der Waals surface area contributed by atoms with Crippen molar-refractivity contribution in [3.8, 4) is 6.07 Å². The highest BCUT2D eigenvalue weighted by molar-refractivity contribution is 6.11. The van der Waals surface area contributed by atoms with Crippen molar-refractivity contribution in [3.05, 3.63) is 88.0 Å². The number of hydrogen-bond donors (Lipinski definition) is 0. The molecule has 0 aromatic heterocycles. The van der Waals surface area contributed by atoms with Gasteiger partial charge in [0.1, 0.15) is 5.92 Å². The summed E-state index contributed by atoms with van der Waals surface area (Å²) in [4.78, 5) is 32.5. The maximum atomic E-state index is 13.6. The quantitative estimate of drug-likeness (QED) is 0.506. The standard InChI is InChI=1S/C24H19F3N4O2/c1-14-21(29-2)19(16-10-8-15(13-28)9-11-16)20(22(32)30(3)4)23(33)31(14)18-7-5-6-17(12-18)24(25,26)27/h5-12,19-20H,1,3-4H3. The molecule has 1 aliphatic heterocycles. The molecule has 0 saturated heterocycles. The molecule has 0 bridgehead atoms. The Morgan fingerprint density at radius 1 is 1.18 bits per heavy atom. The summed E-state index contributed by atoms with van der Waals surface area (Å²) >= 11 is 0. The molecule has 0 spiro atoms. The van der Waals surface area contributed by atoms with Crippen LogP contribution in [0.1, 0.15) is 29.5 Å². The van der Waals surface area contributed by atoms with E-state index in [0.717, 1.165) is 17.0 Å². The van der Waals surface area contributed by atoms with E-state index in [2.05, 4.69) is 4.85 Å². The van der Waals surface area contributed by atoms with E-state index in [1.54, 1.807) is 12.1 Å². The molecule has 1 heterocycles. The normalized spacial score (nSPS) is 18.5. The van der Waals surface area contributed by atoms with Crippen LogP contribution in [0.5, 0.6) is 0 Å². The van der Waals surface area contributed by atoms with E-state index in [1.807, 2.05) is 6.07 Å². The van der Waals surface area contributed by atoms with Crippen molar-refractivity contribution in [2.75, 3.05) is 19.0 Å². The van der Waals surface area contributed by atoms with Gasteiger partial charge in [-0.3, -0.25) is 14.5 Å².